The van der Waals surface area contributed by atoms with Gasteiger partial charge in [0, 0.05) is 6.92 Å². The largest absolute Gasteiger partial charge is 0.367 e. The Kier molecular flexibility index (Phi) is 4.49. The van der Waals surface area contributed by atoms with Crippen LogP contribution >= 0.6 is 11.6 Å². The molecule has 0 bridgehead atoms. The summed E-state index contributed by atoms with van der Waals surface area (Å²) in [6.07, 6.45) is 0. The van der Waals surface area contributed by atoms with Crippen LogP contribution in [-0.2, 0) is 9.63 Å². The third kappa shape index (κ3) is 3.33. The zero-order chi connectivity index (χ0) is 13.9. The molecule has 0 N–H and O–H groups in total. The number of oxime groups is 1. The number of hydrogen-bond acceptors (Lipinski definition) is 4. The number of carbonyl (C=O) groups excluding carboxylic acids is 2. The molecule has 0 aliphatic heterocycles. The highest BCUT2D eigenvalue weighted by molar-refractivity contribution is 6.38. The van der Waals surface area contributed by atoms with Gasteiger partial charge in [-0.1, -0.05) is 16.8 Å². The molecule has 0 fully saturated rings. The zero-order valence-electron chi connectivity index (χ0n) is 9.46. The first-order valence-electron chi connectivity index (χ1n) is 4.74. The van der Waals surface area contributed by atoms with E-state index in [4.69, 9.17) is 11.6 Å². The van der Waals surface area contributed by atoms with Gasteiger partial charge in [0.1, 0.15) is 5.71 Å². The number of halogens is 3. The van der Waals surface area contributed by atoms with E-state index in [1.165, 1.54) is 13.8 Å². The topological polar surface area (TPSA) is 55.7 Å². The highest BCUT2D eigenvalue weighted by Crippen LogP contribution is 2.20. The lowest BCUT2D eigenvalue weighted by atomic mass is 10.2. The molecular formula is C11H8ClF2NO3. The van der Waals surface area contributed by atoms with Crippen molar-refractivity contribution in [3.05, 3.63) is 34.4 Å². The van der Waals surface area contributed by atoms with Crippen LogP contribution in [0.4, 0.5) is 8.78 Å². The van der Waals surface area contributed by atoms with Crippen molar-refractivity contribution in [3.8, 4) is 0 Å². The van der Waals surface area contributed by atoms with Gasteiger partial charge in [-0.3, -0.25) is 4.79 Å². The third-order valence-corrected chi connectivity index (χ3v) is 2.32. The van der Waals surface area contributed by atoms with Crippen LogP contribution in [0.15, 0.2) is 17.3 Å². The standard InChI is InChI=1S/C11H8ClF2NO3/c1-5(6(2)16)15-18-11(17)7-3-9(13)10(14)4-8(7)12/h3-4H,1-2H3/b15-5-. The molecule has 0 radical (unpaired) electrons. The van der Waals surface area contributed by atoms with E-state index >= 15 is 0 Å². The van der Waals surface area contributed by atoms with E-state index in [2.05, 4.69) is 9.99 Å². The molecule has 0 atom stereocenters. The van der Waals surface area contributed by atoms with Gasteiger partial charge in [0.05, 0.1) is 10.6 Å². The molecule has 4 nitrogen and oxygen atoms in total. The van der Waals surface area contributed by atoms with Crippen LogP contribution in [0.1, 0.15) is 24.2 Å². The Morgan fingerprint density at radius 2 is 1.78 bits per heavy atom. The smallest absolute Gasteiger partial charge is 0.312 e. The summed E-state index contributed by atoms with van der Waals surface area (Å²) in [5.74, 6) is -3.89. The van der Waals surface area contributed by atoms with Gasteiger partial charge in [-0.25, -0.2) is 13.6 Å². The molecule has 0 saturated heterocycles. The molecular weight excluding hydrogens is 268 g/mol. The van der Waals surface area contributed by atoms with Gasteiger partial charge in [-0.05, 0) is 19.1 Å². The van der Waals surface area contributed by atoms with Gasteiger partial charge >= 0.3 is 5.97 Å². The van der Waals surface area contributed by atoms with Crippen molar-refractivity contribution in [2.24, 2.45) is 5.16 Å². The number of carbonyl (C=O) groups is 2. The van der Waals surface area contributed by atoms with E-state index in [0.29, 0.717) is 12.1 Å². The van der Waals surface area contributed by atoms with Crippen LogP contribution in [-0.4, -0.2) is 17.5 Å². The molecule has 0 aliphatic rings. The van der Waals surface area contributed by atoms with Crippen LogP contribution in [0.25, 0.3) is 0 Å². The average Bonchev–Trinajstić information content (AvgIpc) is 2.30. The van der Waals surface area contributed by atoms with Crippen molar-refractivity contribution in [3.63, 3.8) is 0 Å². The SMILES string of the molecule is CC(=O)/C(C)=N\OC(=O)c1cc(F)c(F)cc1Cl. The zero-order valence-corrected chi connectivity index (χ0v) is 10.2. The molecule has 0 aliphatic carbocycles. The molecule has 0 unspecified atom stereocenters. The molecule has 7 heteroatoms. The van der Waals surface area contributed by atoms with Crippen molar-refractivity contribution >= 4 is 29.1 Å². The molecule has 0 heterocycles. The van der Waals surface area contributed by atoms with E-state index in [1.807, 2.05) is 0 Å². The molecule has 1 aromatic carbocycles. The van der Waals surface area contributed by atoms with E-state index in [1.54, 1.807) is 0 Å². The lowest BCUT2D eigenvalue weighted by Gasteiger charge is -2.02. The summed E-state index contributed by atoms with van der Waals surface area (Å²) in [7, 11) is 0. The monoisotopic (exact) mass is 275 g/mol. The molecule has 18 heavy (non-hydrogen) atoms. The summed E-state index contributed by atoms with van der Waals surface area (Å²) in [6.45, 7) is 2.57. The van der Waals surface area contributed by atoms with E-state index in [0.717, 1.165) is 0 Å². The summed E-state index contributed by atoms with van der Waals surface area (Å²) < 4.78 is 25.7. The van der Waals surface area contributed by atoms with Crippen LogP contribution in [0, 0.1) is 11.6 Å². The van der Waals surface area contributed by atoms with Gasteiger partial charge in [0.2, 0.25) is 0 Å². The van der Waals surface area contributed by atoms with Crippen LogP contribution in [0.5, 0.6) is 0 Å². The molecule has 96 valence electrons. The summed E-state index contributed by atoms with van der Waals surface area (Å²) in [5.41, 5.74) is -0.419. The Hall–Kier alpha value is -1.82. The average molecular weight is 276 g/mol. The number of Topliss-reactive ketones (excluding diaryl/α,β-unsaturated/α-hetero) is 1. The minimum absolute atomic E-state index is 0.0398. The molecule has 1 aromatic rings. The van der Waals surface area contributed by atoms with Crippen molar-refractivity contribution < 1.29 is 23.2 Å². The maximum atomic E-state index is 12.9. The molecule has 0 saturated carbocycles. The third-order valence-electron chi connectivity index (χ3n) is 2.00. The highest BCUT2D eigenvalue weighted by atomic mass is 35.5. The molecule has 0 spiro atoms. The first-order valence-corrected chi connectivity index (χ1v) is 5.12. The fourth-order valence-corrected chi connectivity index (χ4v) is 1.13. The predicted octanol–water partition coefficient (Wildman–Crippen LogP) is 2.74. The summed E-state index contributed by atoms with van der Waals surface area (Å²) in [6, 6.07) is 1.24. The van der Waals surface area contributed by atoms with Gasteiger partial charge < -0.3 is 4.84 Å². The summed E-state index contributed by atoms with van der Waals surface area (Å²) >= 11 is 5.55. The normalized spacial score (nSPS) is 11.3. The molecule has 0 amide bonds. The fourth-order valence-electron chi connectivity index (χ4n) is 0.902. The maximum absolute atomic E-state index is 12.9. The Morgan fingerprint density at radius 3 is 2.33 bits per heavy atom. The van der Waals surface area contributed by atoms with Crippen molar-refractivity contribution in [2.45, 2.75) is 13.8 Å². The molecule has 1 rings (SSSR count). The second-order valence-electron chi connectivity index (χ2n) is 3.36. The Balaban J connectivity index is 2.95. The van der Waals surface area contributed by atoms with Crippen molar-refractivity contribution in [1.82, 2.24) is 0 Å². The Bertz CT molecular complexity index is 543. The number of hydrogen-bond donors (Lipinski definition) is 0. The van der Waals surface area contributed by atoms with Gasteiger partial charge in [0.25, 0.3) is 0 Å². The van der Waals surface area contributed by atoms with Crippen LogP contribution in [0.2, 0.25) is 5.02 Å². The minimum atomic E-state index is -1.24. The minimum Gasteiger partial charge on any atom is -0.312 e. The van der Waals surface area contributed by atoms with Crippen LogP contribution in [0.3, 0.4) is 0 Å². The quantitative estimate of drug-likeness (QED) is 0.369. The second kappa shape index (κ2) is 5.68. The highest BCUT2D eigenvalue weighted by Gasteiger charge is 2.16. The van der Waals surface area contributed by atoms with E-state index in [-0.39, 0.29) is 22.1 Å². The number of benzene rings is 1. The van der Waals surface area contributed by atoms with Gasteiger partial charge in [-0.15, -0.1) is 0 Å². The first-order chi connectivity index (χ1) is 8.32. The van der Waals surface area contributed by atoms with Crippen molar-refractivity contribution in [1.29, 1.82) is 0 Å². The first kappa shape index (κ1) is 14.2. The Morgan fingerprint density at radius 1 is 1.22 bits per heavy atom. The van der Waals surface area contributed by atoms with Gasteiger partial charge in [-0.2, -0.15) is 0 Å². The van der Waals surface area contributed by atoms with Crippen molar-refractivity contribution in [2.75, 3.05) is 0 Å². The van der Waals surface area contributed by atoms with E-state index < -0.39 is 17.6 Å². The number of ketones is 1. The molecule has 0 aromatic heterocycles. The fraction of sp³-hybridized carbons (Fsp3) is 0.182. The Labute approximate surface area is 106 Å². The number of nitrogens with zero attached hydrogens (tertiary/aromatic N) is 1. The maximum Gasteiger partial charge on any atom is 0.367 e. The van der Waals surface area contributed by atoms with Gasteiger partial charge in [0.15, 0.2) is 17.4 Å². The van der Waals surface area contributed by atoms with E-state index in [9.17, 15) is 18.4 Å². The predicted molar refractivity (Wildman–Crippen MR) is 60.6 cm³/mol. The lowest BCUT2D eigenvalue weighted by Crippen LogP contribution is -2.09. The lowest BCUT2D eigenvalue weighted by molar-refractivity contribution is -0.111. The number of rotatable bonds is 3. The van der Waals surface area contributed by atoms with Crippen LogP contribution < -0.4 is 0 Å². The summed E-state index contributed by atoms with van der Waals surface area (Å²) in [5, 5.41) is 2.93. The summed E-state index contributed by atoms with van der Waals surface area (Å²) in [4.78, 5) is 26.6. The second-order valence-corrected chi connectivity index (χ2v) is 3.76.